The topological polar surface area (TPSA) is 101 Å². The van der Waals surface area contributed by atoms with E-state index in [4.69, 9.17) is 4.74 Å². The summed E-state index contributed by atoms with van der Waals surface area (Å²) in [6, 6.07) is -0.263. The molecule has 0 saturated heterocycles. The summed E-state index contributed by atoms with van der Waals surface area (Å²) in [5.41, 5.74) is 0.868. The zero-order valence-electron chi connectivity index (χ0n) is 17.7. The summed E-state index contributed by atoms with van der Waals surface area (Å²) >= 11 is 0. The number of carbonyl (C=O) groups excluding carboxylic acids is 2. The molecule has 9 nitrogen and oxygen atoms in total. The molecule has 0 bridgehead atoms. The van der Waals surface area contributed by atoms with E-state index in [-0.39, 0.29) is 42.4 Å². The fraction of sp³-hybridized carbons (Fsp3) is 0.800. The van der Waals surface area contributed by atoms with Crippen LogP contribution in [0.2, 0.25) is 0 Å². The number of hydrogen-bond donors (Lipinski definition) is 1. The Labute approximate surface area is 172 Å². The number of nitrogens with zero attached hydrogens (tertiary/aromatic N) is 5. The number of aryl methyl sites for hydroxylation is 1. The van der Waals surface area contributed by atoms with Crippen molar-refractivity contribution in [2.24, 2.45) is 11.8 Å². The van der Waals surface area contributed by atoms with Crippen LogP contribution in [0.15, 0.2) is 6.20 Å². The van der Waals surface area contributed by atoms with E-state index >= 15 is 0 Å². The Morgan fingerprint density at radius 3 is 2.90 bits per heavy atom. The molecule has 1 aromatic rings. The highest BCUT2D eigenvalue weighted by molar-refractivity contribution is 5.80. The van der Waals surface area contributed by atoms with Crippen LogP contribution in [0.5, 0.6) is 0 Å². The first-order chi connectivity index (χ1) is 13.9. The average Bonchev–Trinajstić information content (AvgIpc) is 3.46. The lowest BCUT2D eigenvalue weighted by Gasteiger charge is -2.35. The van der Waals surface area contributed by atoms with Gasteiger partial charge in [-0.2, -0.15) is 0 Å². The molecule has 29 heavy (non-hydrogen) atoms. The molecule has 1 saturated carbocycles. The summed E-state index contributed by atoms with van der Waals surface area (Å²) in [6.07, 6.45) is 4.42. The second kappa shape index (κ2) is 9.67. The highest BCUT2D eigenvalue weighted by atomic mass is 16.5. The van der Waals surface area contributed by atoms with Crippen LogP contribution in [0.1, 0.15) is 45.2 Å². The molecule has 0 spiro atoms. The lowest BCUT2D eigenvalue weighted by atomic mass is 10.0. The maximum absolute atomic E-state index is 12.8. The van der Waals surface area contributed by atoms with Crippen molar-refractivity contribution in [3.05, 3.63) is 11.9 Å². The van der Waals surface area contributed by atoms with Crippen molar-refractivity contribution in [3.63, 3.8) is 0 Å². The molecule has 9 heteroatoms. The molecule has 1 fully saturated rings. The van der Waals surface area contributed by atoms with E-state index in [1.165, 1.54) is 0 Å². The van der Waals surface area contributed by atoms with Crippen LogP contribution in [-0.4, -0.2) is 80.6 Å². The number of aromatic nitrogens is 3. The molecule has 3 rings (SSSR count). The molecule has 0 radical (unpaired) electrons. The van der Waals surface area contributed by atoms with Crippen molar-refractivity contribution >= 4 is 11.8 Å². The summed E-state index contributed by atoms with van der Waals surface area (Å²) < 4.78 is 8.01. The second-order valence-electron chi connectivity index (χ2n) is 8.45. The summed E-state index contributed by atoms with van der Waals surface area (Å²) in [4.78, 5) is 28.8. The third kappa shape index (κ3) is 5.54. The Hall–Kier alpha value is -2.00. The van der Waals surface area contributed by atoms with Crippen LogP contribution in [0.25, 0.3) is 0 Å². The fourth-order valence-electron chi connectivity index (χ4n) is 3.75. The molecule has 1 N–H and O–H groups in total. The highest BCUT2D eigenvalue weighted by Gasteiger charge is 2.34. The van der Waals surface area contributed by atoms with Gasteiger partial charge in [0.25, 0.3) is 0 Å². The third-order valence-electron chi connectivity index (χ3n) is 5.90. The van der Waals surface area contributed by atoms with Gasteiger partial charge in [0, 0.05) is 44.9 Å². The largest absolute Gasteiger partial charge is 0.394 e. The summed E-state index contributed by atoms with van der Waals surface area (Å²) in [7, 11) is 1.82. The van der Waals surface area contributed by atoms with Gasteiger partial charge in [-0.25, -0.2) is 4.68 Å². The number of aliphatic hydroxyl groups is 1. The normalized spacial score (nSPS) is 25.0. The number of rotatable bonds is 5. The zero-order valence-corrected chi connectivity index (χ0v) is 17.7. The van der Waals surface area contributed by atoms with Gasteiger partial charge < -0.3 is 19.6 Å². The van der Waals surface area contributed by atoms with E-state index < -0.39 is 0 Å². The third-order valence-corrected chi connectivity index (χ3v) is 5.90. The van der Waals surface area contributed by atoms with Gasteiger partial charge in [0.2, 0.25) is 11.8 Å². The number of fused-ring (bicyclic) bond motifs is 1. The van der Waals surface area contributed by atoms with Gasteiger partial charge in [-0.05, 0) is 26.2 Å². The van der Waals surface area contributed by atoms with E-state index in [0.717, 1.165) is 18.5 Å². The van der Waals surface area contributed by atoms with Crippen molar-refractivity contribution < 1.29 is 19.4 Å². The van der Waals surface area contributed by atoms with Crippen LogP contribution in [0.3, 0.4) is 0 Å². The molecule has 3 atom stereocenters. The van der Waals surface area contributed by atoms with E-state index in [9.17, 15) is 14.7 Å². The molecule has 2 heterocycles. The molecule has 1 aliphatic heterocycles. The average molecular weight is 408 g/mol. The predicted octanol–water partition coefficient (Wildman–Crippen LogP) is 0.671. The van der Waals surface area contributed by atoms with E-state index in [0.29, 0.717) is 39.1 Å². The minimum atomic E-state index is -0.263. The number of likely N-dealkylation sites (N-methyl/N-ethyl adjacent to an activating group) is 1. The van der Waals surface area contributed by atoms with Crippen LogP contribution in [0.4, 0.5) is 0 Å². The first kappa shape index (κ1) is 21.7. The Balaban J connectivity index is 1.79. The van der Waals surface area contributed by atoms with Crippen LogP contribution in [0, 0.1) is 11.8 Å². The monoisotopic (exact) mass is 407 g/mol. The van der Waals surface area contributed by atoms with Gasteiger partial charge >= 0.3 is 0 Å². The first-order valence-electron chi connectivity index (χ1n) is 10.5. The van der Waals surface area contributed by atoms with Gasteiger partial charge in [0.15, 0.2) is 0 Å². The van der Waals surface area contributed by atoms with Crippen molar-refractivity contribution in [2.45, 2.75) is 64.8 Å². The van der Waals surface area contributed by atoms with Gasteiger partial charge in [-0.3, -0.25) is 9.59 Å². The summed E-state index contributed by atoms with van der Waals surface area (Å²) in [6.45, 7) is 5.69. The Morgan fingerprint density at radius 2 is 2.21 bits per heavy atom. The van der Waals surface area contributed by atoms with Crippen molar-refractivity contribution in [3.8, 4) is 0 Å². The smallest absolute Gasteiger partial charge is 0.225 e. The van der Waals surface area contributed by atoms with Crippen LogP contribution < -0.4 is 0 Å². The predicted molar refractivity (Wildman–Crippen MR) is 106 cm³/mol. The van der Waals surface area contributed by atoms with E-state index in [2.05, 4.69) is 10.3 Å². The van der Waals surface area contributed by atoms with Crippen LogP contribution in [-0.2, 0) is 27.5 Å². The fourth-order valence-corrected chi connectivity index (χ4v) is 3.75. The molecule has 2 aliphatic rings. The quantitative estimate of drug-likeness (QED) is 0.770. The van der Waals surface area contributed by atoms with E-state index in [1.807, 2.05) is 20.9 Å². The van der Waals surface area contributed by atoms with Crippen molar-refractivity contribution in [1.29, 1.82) is 0 Å². The van der Waals surface area contributed by atoms with Crippen molar-refractivity contribution in [2.75, 3.05) is 26.7 Å². The van der Waals surface area contributed by atoms with Gasteiger partial charge in [0.05, 0.1) is 37.3 Å². The number of amides is 2. The Morgan fingerprint density at radius 1 is 1.45 bits per heavy atom. The molecular formula is C20H33N5O4. The Kier molecular flexibility index (Phi) is 7.23. The maximum atomic E-state index is 12.8. The lowest BCUT2D eigenvalue weighted by molar-refractivity contribution is -0.138. The van der Waals surface area contributed by atoms with E-state index in [1.54, 1.807) is 20.7 Å². The SMILES string of the molecule is C[C@@H]1CN([C@@H](C)CO)C(=O)CCCn2nncc2CO[C@H]1CN(C)C(=O)C1CC1. The molecule has 0 aromatic carbocycles. The lowest BCUT2D eigenvalue weighted by Crippen LogP contribution is -2.48. The van der Waals surface area contributed by atoms with Crippen molar-refractivity contribution in [1.82, 2.24) is 24.8 Å². The molecule has 162 valence electrons. The highest BCUT2D eigenvalue weighted by Crippen LogP contribution is 2.31. The summed E-state index contributed by atoms with van der Waals surface area (Å²) in [5.74, 6) is 0.322. The molecular weight excluding hydrogens is 374 g/mol. The van der Waals surface area contributed by atoms with Gasteiger partial charge in [0.1, 0.15) is 0 Å². The Bertz CT molecular complexity index is 705. The first-order valence-corrected chi connectivity index (χ1v) is 10.5. The number of carbonyl (C=O) groups is 2. The zero-order chi connectivity index (χ0) is 21.0. The second-order valence-corrected chi connectivity index (χ2v) is 8.45. The van der Waals surface area contributed by atoms with Gasteiger partial charge in [-0.1, -0.05) is 12.1 Å². The number of hydrogen-bond acceptors (Lipinski definition) is 6. The van der Waals surface area contributed by atoms with Gasteiger partial charge in [-0.15, -0.1) is 5.10 Å². The molecule has 2 amide bonds. The molecule has 1 aliphatic carbocycles. The summed E-state index contributed by atoms with van der Waals surface area (Å²) in [5, 5.41) is 17.7. The molecule has 1 aromatic heterocycles. The standard InChI is InChI=1S/C20H33N5O4/c1-14-10-24(15(2)12-26)19(27)5-4-8-25-17(9-21-22-25)13-29-18(14)11-23(3)20(28)16-6-7-16/h9,14-16,18,26H,4-8,10-13H2,1-3H3/t14-,15+,18+/m1/s1. The number of ether oxygens (including phenoxy) is 1. The maximum Gasteiger partial charge on any atom is 0.225 e. The van der Waals surface area contributed by atoms with Crippen LogP contribution >= 0.6 is 0 Å². The minimum absolute atomic E-state index is 0.00818. The number of aliphatic hydroxyl groups excluding tert-OH is 1. The minimum Gasteiger partial charge on any atom is -0.394 e. The molecule has 0 unspecified atom stereocenters.